The number of aliphatic hydroxyl groups is 1. The van der Waals surface area contributed by atoms with Crippen molar-refractivity contribution in [1.82, 2.24) is 15.5 Å². The molecule has 12 nitrogen and oxygen atoms in total. The number of hydrogen-bond acceptors (Lipinski definition) is 8. The number of rotatable bonds is 10. The van der Waals surface area contributed by atoms with E-state index in [1.54, 1.807) is 35.0 Å². The SMILES string of the molecule is C[C@H]1[C@H]([Si](C)(C)F)[C@@H](CC(=O)N2Cc3ccccc3C[C@H]2CO)O[C@]12C(=O)N(Cc1cccc(NC(=O)C3CCCNC3)c1)c1ccc(NC(=O)C3CCCNC3)cc12. The monoisotopic (exact) mass is 824 g/mol. The molecule has 2 unspecified atom stereocenters. The topological polar surface area (TPSA) is 152 Å². The Morgan fingerprint density at radius 3 is 2.20 bits per heavy atom. The predicted octanol–water partition coefficient (Wildman–Crippen LogP) is 5.22. The predicted molar refractivity (Wildman–Crippen MR) is 227 cm³/mol. The van der Waals surface area contributed by atoms with Gasteiger partial charge < -0.3 is 45.0 Å². The molecule has 1 spiro atoms. The number of carbonyl (C=O) groups excluding carboxylic acids is 4. The fourth-order valence-electron chi connectivity index (χ4n) is 10.4. The lowest BCUT2D eigenvalue weighted by Crippen LogP contribution is -2.48. The van der Waals surface area contributed by atoms with Crippen LogP contribution in [0.3, 0.4) is 0 Å². The van der Waals surface area contributed by atoms with Crippen molar-refractivity contribution < 1.29 is 33.1 Å². The van der Waals surface area contributed by atoms with E-state index in [1.807, 2.05) is 61.5 Å². The molecule has 0 saturated carbocycles. The van der Waals surface area contributed by atoms with Crippen molar-refractivity contribution >= 4 is 49.1 Å². The first-order valence-corrected chi connectivity index (χ1v) is 24.2. The molecule has 8 rings (SSSR count). The van der Waals surface area contributed by atoms with Gasteiger partial charge in [-0.05, 0) is 105 Å². The highest BCUT2D eigenvalue weighted by Gasteiger charge is 2.67. The third kappa shape index (κ3) is 8.09. The highest BCUT2D eigenvalue weighted by Crippen LogP contribution is 2.60. The highest BCUT2D eigenvalue weighted by atomic mass is 28.4. The van der Waals surface area contributed by atoms with Gasteiger partial charge >= 0.3 is 0 Å². The Bertz CT molecular complexity index is 2090. The van der Waals surface area contributed by atoms with Crippen LogP contribution in [0.5, 0.6) is 0 Å². The Labute approximate surface area is 346 Å². The summed E-state index contributed by atoms with van der Waals surface area (Å²) in [6.07, 6.45) is 2.86. The van der Waals surface area contributed by atoms with Gasteiger partial charge in [-0.15, -0.1) is 0 Å². The smallest absolute Gasteiger partial charge is 0.264 e. The molecule has 14 heteroatoms. The summed E-state index contributed by atoms with van der Waals surface area (Å²) in [6, 6.07) is 20.3. The van der Waals surface area contributed by atoms with Crippen LogP contribution in [0.4, 0.5) is 21.2 Å². The van der Waals surface area contributed by atoms with Crippen molar-refractivity contribution in [2.45, 2.75) is 94.9 Å². The summed E-state index contributed by atoms with van der Waals surface area (Å²) in [5, 5.41) is 23.1. The quantitative estimate of drug-likeness (QED) is 0.138. The molecule has 3 aromatic rings. The summed E-state index contributed by atoms with van der Waals surface area (Å²) in [4.78, 5) is 59.5. The van der Waals surface area contributed by atoms with Gasteiger partial charge in [0, 0.05) is 48.0 Å². The lowest BCUT2D eigenvalue weighted by Gasteiger charge is -2.37. The largest absolute Gasteiger partial charge is 0.394 e. The van der Waals surface area contributed by atoms with Crippen LogP contribution in [0.25, 0.3) is 0 Å². The van der Waals surface area contributed by atoms with E-state index in [0.717, 1.165) is 55.5 Å². The van der Waals surface area contributed by atoms with Gasteiger partial charge in [0.25, 0.3) is 5.91 Å². The maximum atomic E-state index is 16.8. The van der Waals surface area contributed by atoms with E-state index in [1.165, 1.54) is 0 Å². The minimum Gasteiger partial charge on any atom is -0.394 e. The van der Waals surface area contributed by atoms with Gasteiger partial charge in [0.1, 0.15) is 0 Å². The number of ether oxygens (including phenoxy) is 1. The summed E-state index contributed by atoms with van der Waals surface area (Å²) >= 11 is 0. The van der Waals surface area contributed by atoms with Crippen LogP contribution in [0.1, 0.15) is 61.3 Å². The molecule has 0 aliphatic carbocycles. The van der Waals surface area contributed by atoms with Crippen molar-refractivity contribution in [3.8, 4) is 0 Å². The fourth-order valence-corrected chi connectivity index (χ4v) is 12.9. The number of piperidine rings is 2. The second-order valence-corrected chi connectivity index (χ2v) is 21.5. The molecule has 5 N–H and O–H groups in total. The van der Waals surface area contributed by atoms with Crippen molar-refractivity contribution in [3.63, 3.8) is 0 Å². The molecule has 0 aromatic heterocycles. The minimum atomic E-state index is -3.63. The number of benzene rings is 3. The molecule has 314 valence electrons. The number of nitrogens with zero attached hydrogens (tertiary/aromatic N) is 2. The van der Waals surface area contributed by atoms with Crippen LogP contribution in [-0.2, 0) is 49.0 Å². The zero-order chi connectivity index (χ0) is 41.5. The molecule has 3 aromatic carbocycles. The van der Waals surface area contributed by atoms with E-state index in [4.69, 9.17) is 4.74 Å². The number of nitrogens with one attached hydrogen (secondary N) is 4. The number of aliphatic hydroxyl groups excluding tert-OH is 1. The van der Waals surface area contributed by atoms with E-state index in [9.17, 15) is 19.5 Å². The van der Waals surface area contributed by atoms with Crippen LogP contribution in [-0.4, -0.2) is 87.0 Å². The van der Waals surface area contributed by atoms with Gasteiger partial charge in [0.15, 0.2) is 5.60 Å². The Morgan fingerprint density at radius 1 is 0.915 bits per heavy atom. The van der Waals surface area contributed by atoms with Gasteiger partial charge in [-0.25, -0.2) is 0 Å². The van der Waals surface area contributed by atoms with Gasteiger partial charge in [-0.3, -0.25) is 19.2 Å². The van der Waals surface area contributed by atoms with Crippen molar-refractivity contribution in [2.24, 2.45) is 17.8 Å². The molecule has 59 heavy (non-hydrogen) atoms. The summed E-state index contributed by atoms with van der Waals surface area (Å²) in [5.41, 5.74) is 2.75. The number of halogens is 1. The molecule has 5 heterocycles. The normalized spacial score (nSPS) is 28.0. The van der Waals surface area contributed by atoms with Gasteiger partial charge in [0.05, 0.1) is 49.2 Å². The Morgan fingerprint density at radius 2 is 1.58 bits per heavy atom. The fraction of sp³-hybridized carbons (Fsp3) is 0.511. The van der Waals surface area contributed by atoms with Gasteiger partial charge in [-0.1, -0.05) is 43.3 Å². The zero-order valence-electron chi connectivity index (χ0n) is 34.3. The molecule has 3 saturated heterocycles. The lowest BCUT2D eigenvalue weighted by atomic mass is 9.82. The summed E-state index contributed by atoms with van der Waals surface area (Å²) < 4.78 is 23.8. The third-order valence-corrected chi connectivity index (χ3v) is 15.8. The zero-order valence-corrected chi connectivity index (χ0v) is 35.3. The van der Waals surface area contributed by atoms with Crippen LogP contribution in [0.15, 0.2) is 66.7 Å². The number of anilines is 3. The first kappa shape index (κ1) is 41.3. The number of hydrogen-bond donors (Lipinski definition) is 5. The third-order valence-electron chi connectivity index (χ3n) is 13.4. The van der Waals surface area contributed by atoms with Crippen LogP contribution >= 0.6 is 0 Å². The van der Waals surface area contributed by atoms with E-state index >= 15 is 8.90 Å². The van der Waals surface area contributed by atoms with E-state index in [2.05, 4.69) is 21.3 Å². The molecule has 0 radical (unpaired) electrons. The summed E-state index contributed by atoms with van der Waals surface area (Å²) in [6.45, 7) is 8.31. The molecular weight excluding hydrogens is 768 g/mol. The van der Waals surface area contributed by atoms with Crippen molar-refractivity contribution in [1.29, 1.82) is 0 Å². The van der Waals surface area contributed by atoms with Crippen LogP contribution in [0, 0.1) is 17.8 Å². The number of carbonyl (C=O) groups is 4. The van der Waals surface area contributed by atoms with E-state index in [0.29, 0.717) is 48.7 Å². The lowest BCUT2D eigenvalue weighted by molar-refractivity contribution is -0.151. The van der Waals surface area contributed by atoms with Crippen LogP contribution in [0.2, 0.25) is 18.6 Å². The molecule has 4 amide bonds. The Kier molecular flexibility index (Phi) is 11.8. The average molecular weight is 825 g/mol. The maximum Gasteiger partial charge on any atom is 0.264 e. The standard InChI is InChI=1S/C45H57FN6O6Si/c1-28-41(59(2,3)46)39(22-40(54)51-26-33-11-5-4-10-30(33)20-36(51)27-53)58-45(28)37-21-35(50-43(56)32-13-8-18-48-24-32)15-16-38(37)52(44(45)57)25-29-9-6-14-34(19-29)49-42(55)31-12-7-17-47-23-31/h4-6,9-11,14-16,19,21,28,31-32,36,39,41,47-48,53H,7-8,12-13,17-18,20,22-27H2,1-3H3,(H,49,55)(H,50,56)/t28-,31?,32?,36-,39+,41-,45+/m0/s1. The number of fused-ring (bicyclic) bond motifs is 3. The molecule has 0 bridgehead atoms. The Balaban J connectivity index is 1.12. The molecule has 5 aliphatic heterocycles. The molecule has 3 fully saturated rings. The van der Waals surface area contributed by atoms with Gasteiger partial charge in [0.2, 0.25) is 26.1 Å². The van der Waals surface area contributed by atoms with E-state index in [-0.39, 0.29) is 55.0 Å². The van der Waals surface area contributed by atoms with Crippen LogP contribution < -0.4 is 26.2 Å². The highest BCUT2D eigenvalue weighted by molar-refractivity contribution is 6.72. The molecule has 7 atom stereocenters. The van der Waals surface area contributed by atoms with Crippen molar-refractivity contribution in [3.05, 3.63) is 89.0 Å². The maximum absolute atomic E-state index is 16.8. The first-order chi connectivity index (χ1) is 28.4. The van der Waals surface area contributed by atoms with E-state index < -0.39 is 37.6 Å². The molecule has 5 aliphatic rings. The molecular formula is C45H57FN6O6Si. The number of amides is 4. The Hall–Kier alpha value is -4.47. The second kappa shape index (κ2) is 16.9. The summed E-state index contributed by atoms with van der Waals surface area (Å²) in [7, 11) is -3.63. The second-order valence-electron chi connectivity index (χ2n) is 17.7. The average Bonchev–Trinajstić information content (AvgIpc) is 3.66. The minimum absolute atomic E-state index is 0.0497. The first-order valence-electron chi connectivity index (χ1n) is 21.3. The van der Waals surface area contributed by atoms with Gasteiger partial charge in [-0.2, -0.15) is 0 Å². The summed E-state index contributed by atoms with van der Waals surface area (Å²) in [5.74, 6) is -1.77. The van der Waals surface area contributed by atoms with Crippen molar-refractivity contribution in [2.75, 3.05) is 48.3 Å².